The molecule has 146 valence electrons. The van der Waals surface area contributed by atoms with Gasteiger partial charge in [0, 0.05) is 20.0 Å². The molecule has 1 amide bonds. The van der Waals surface area contributed by atoms with Gasteiger partial charge in [0.1, 0.15) is 0 Å². The number of methoxy groups -OCH3 is 2. The molecule has 0 radical (unpaired) electrons. The second kappa shape index (κ2) is 8.90. The average Bonchev–Trinajstić information content (AvgIpc) is 2.67. The van der Waals surface area contributed by atoms with Crippen molar-refractivity contribution in [2.45, 2.75) is 24.8 Å². The van der Waals surface area contributed by atoms with Crippen LogP contribution < -0.4 is 9.47 Å². The molecule has 0 unspecified atom stereocenters. The first-order valence-corrected chi connectivity index (χ1v) is 10.2. The lowest BCUT2D eigenvalue weighted by molar-refractivity contribution is -0.130. The van der Waals surface area contributed by atoms with Gasteiger partial charge in [-0.3, -0.25) is 4.79 Å². The standard InChI is InChI=1S/C20H25NO5S/c1-15-12-18(25-3)19(26-4)13-16(15)14-21(2)20(22)10-11-27(23,24)17-8-6-5-7-9-17/h5-9,12-13H,10-11,14H2,1-4H3. The Balaban J connectivity index is 2.04. The van der Waals surface area contributed by atoms with E-state index in [2.05, 4.69) is 0 Å². The van der Waals surface area contributed by atoms with Gasteiger partial charge in [-0.05, 0) is 42.3 Å². The van der Waals surface area contributed by atoms with Crippen LogP contribution in [0, 0.1) is 6.92 Å². The summed E-state index contributed by atoms with van der Waals surface area (Å²) in [4.78, 5) is 14.2. The quantitative estimate of drug-likeness (QED) is 0.692. The number of carbonyl (C=O) groups excluding carboxylic acids is 1. The Morgan fingerprint density at radius 2 is 1.63 bits per heavy atom. The minimum Gasteiger partial charge on any atom is -0.493 e. The van der Waals surface area contributed by atoms with Gasteiger partial charge in [-0.2, -0.15) is 0 Å². The maximum atomic E-state index is 12.4. The maximum absolute atomic E-state index is 12.4. The van der Waals surface area contributed by atoms with E-state index >= 15 is 0 Å². The van der Waals surface area contributed by atoms with E-state index in [9.17, 15) is 13.2 Å². The van der Waals surface area contributed by atoms with Crippen LogP contribution in [0.15, 0.2) is 47.4 Å². The van der Waals surface area contributed by atoms with Crippen LogP contribution in [0.3, 0.4) is 0 Å². The number of ether oxygens (including phenoxy) is 2. The van der Waals surface area contributed by atoms with Crippen LogP contribution in [0.1, 0.15) is 17.5 Å². The molecule has 0 aromatic heterocycles. The first-order chi connectivity index (χ1) is 12.8. The third kappa shape index (κ3) is 5.23. The topological polar surface area (TPSA) is 72.9 Å². The fourth-order valence-corrected chi connectivity index (χ4v) is 3.95. The Morgan fingerprint density at radius 1 is 1.04 bits per heavy atom. The van der Waals surface area contributed by atoms with E-state index in [4.69, 9.17) is 9.47 Å². The van der Waals surface area contributed by atoms with E-state index < -0.39 is 9.84 Å². The lowest BCUT2D eigenvalue weighted by atomic mass is 10.1. The molecule has 0 heterocycles. The largest absolute Gasteiger partial charge is 0.493 e. The average molecular weight is 391 g/mol. The molecule has 2 aromatic carbocycles. The van der Waals surface area contributed by atoms with Gasteiger partial charge in [-0.15, -0.1) is 0 Å². The zero-order valence-electron chi connectivity index (χ0n) is 16.1. The van der Waals surface area contributed by atoms with Crippen molar-refractivity contribution in [2.75, 3.05) is 27.0 Å². The Kier molecular flexibility index (Phi) is 6.85. The third-order valence-electron chi connectivity index (χ3n) is 4.36. The van der Waals surface area contributed by atoms with E-state index in [1.165, 1.54) is 17.0 Å². The minimum atomic E-state index is -3.47. The van der Waals surface area contributed by atoms with Crippen LogP contribution in [-0.2, 0) is 21.2 Å². The summed E-state index contributed by atoms with van der Waals surface area (Å²) in [5.41, 5.74) is 1.87. The molecule has 2 rings (SSSR count). The number of carbonyl (C=O) groups is 1. The highest BCUT2D eigenvalue weighted by Crippen LogP contribution is 2.30. The fourth-order valence-electron chi connectivity index (χ4n) is 2.69. The van der Waals surface area contributed by atoms with Crippen molar-refractivity contribution in [2.24, 2.45) is 0 Å². The van der Waals surface area contributed by atoms with E-state index in [1.54, 1.807) is 39.5 Å². The third-order valence-corrected chi connectivity index (χ3v) is 6.09. The Labute approximate surface area is 160 Å². The van der Waals surface area contributed by atoms with Gasteiger partial charge >= 0.3 is 0 Å². The predicted octanol–water partition coefficient (Wildman–Crippen LogP) is 2.83. The van der Waals surface area contributed by atoms with Crippen LogP contribution in [-0.4, -0.2) is 46.2 Å². The van der Waals surface area contributed by atoms with Gasteiger partial charge in [0.15, 0.2) is 21.3 Å². The van der Waals surface area contributed by atoms with Crippen molar-refractivity contribution in [1.82, 2.24) is 4.90 Å². The summed E-state index contributed by atoms with van der Waals surface area (Å²) in [6, 6.07) is 11.8. The number of hydrogen-bond donors (Lipinski definition) is 0. The van der Waals surface area contributed by atoms with Crippen LogP contribution in [0.4, 0.5) is 0 Å². The van der Waals surface area contributed by atoms with Crippen LogP contribution in [0.25, 0.3) is 0 Å². The van der Waals surface area contributed by atoms with Gasteiger partial charge in [0.05, 0.1) is 24.9 Å². The molecule has 0 atom stereocenters. The number of aryl methyl sites for hydroxylation is 1. The molecule has 0 aliphatic carbocycles. The summed E-state index contributed by atoms with van der Waals surface area (Å²) in [7, 11) is 1.31. The number of benzene rings is 2. The molecule has 7 heteroatoms. The molecule has 0 saturated heterocycles. The molecule has 0 aliphatic heterocycles. The second-order valence-corrected chi connectivity index (χ2v) is 8.37. The van der Waals surface area contributed by atoms with Gasteiger partial charge in [0.25, 0.3) is 0 Å². The zero-order valence-corrected chi connectivity index (χ0v) is 16.9. The van der Waals surface area contributed by atoms with Crippen molar-refractivity contribution < 1.29 is 22.7 Å². The van der Waals surface area contributed by atoms with E-state index in [0.717, 1.165) is 11.1 Å². The van der Waals surface area contributed by atoms with Crippen LogP contribution >= 0.6 is 0 Å². The number of hydrogen-bond acceptors (Lipinski definition) is 5. The molecule has 2 aromatic rings. The summed E-state index contributed by atoms with van der Waals surface area (Å²) in [5.74, 6) is 0.765. The second-order valence-electron chi connectivity index (χ2n) is 6.27. The number of rotatable bonds is 8. The zero-order chi connectivity index (χ0) is 20.0. The van der Waals surface area contributed by atoms with Gasteiger partial charge in [-0.1, -0.05) is 18.2 Å². The number of sulfone groups is 1. The molecule has 0 N–H and O–H groups in total. The molecule has 0 aliphatic rings. The first-order valence-electron chi connectivity index (χ1n) is 8.51. The van der Waals surface area contributed by atoms with Crippen molar-refractivity contribution in [1.29, 1.82) is 0 Å². The first kappa shape index (κ1) is 20.8. The Bertz CT molecular complexity index is 894. The molecular formula is C20H25NO5S. The summed E-state index contributed by atoms with van der Waals surface area (Å²) < 4.78 is 35.2. The molecule has 0 bridgehead atoms. The predicted molar refractivity (Wildman–Crippen MR) is 104 cm³/mol. The molecule has 0 spiro atoms. The van der Waals surface area contributed by atoms with E-state index in [-0.39, 0.29) is 23.0 Å². The summed E-state index contributed by atoms with van der Waals surface area (Å²) in [5, 5.41) is 0. The monoisotopic (exact) mass is 391 g/mol. The van der Waals surface area contributed by atoms with Crippen molar-refractivity contribution in [3.8, 4) is 11.5 Å². The minimum absolute atomic E-state index is 0.0694. The van der Waals surface area contributed by atoms with Gasteiger partial charge in [0.2, 0.25) is 5.91 Å². The lowest BCUT2D eigenvalue weighted by Gasteiger charge is -2.20. The van der Waals surface area contributed by atoms with Gasteiger partial charge in [-0.25, -0.2) is 8.42 Å². The highest BCUT2D eigenvalue weighted by Gasteiger charge is 2.19. The molecule has 6 nitrogen and oxygen atoms in total. The smallest absolute Gasteiger partial charge is 0.223 e. The summed E-state index contributed by atoms with van der Waals surface area (Å²) in [6.45, 7) is 2.28. The van der Waals surface area contributed by atoms with Crippen LogP contribution in [0.2, 0.25) is 0 Å². The summed E-state index contributed by atoms with van der Waals surface area (Å²) >= 11 is 0. The highest BCUT2D eigenvalue weighted by atomic mass is 32.2. The number of amides is 1. The fraction of sp³-hybridized carbons (Fsp3) is 0.350. The Morgan fingerprint density at radius 3 is 2.22 bits per heavy atom. The molecule has 27 heavy (non-hydrogen) atoms. The molecular weight excluding hydrogens is 366 g/mol. The normalized spacial score (nSPS) is 11.1. The van der Waals surface area contributed by atoms with E-state index in [1.807, 2.05) is 19.1 Å². The lowest BCUT2D eigenvalue weighted by Crippen LogP contribution is -2.28. The maximum Gasteiger partial charge on any atom is 0.223 e. The molecule has 0 saturated carbocycles. The van der Waals surface area contributed by atoms with E-state index in [0.29, 0.717) is 18.0 Å². The van der Waals surface area contributed by atoms with Crippen molar-refractivity contribution in [3.05, 3.63) is 53.6 Å². The SMILES string of the molecule is COc1cc(C)c(CN(C)C(=O)CCS(=O)(=O)c2ccccc2)cc1OC. The number of nitrogens with zero attached hydrogens (tertiary/aromatic N) is 1. The summed E-state index contributed by atoms with van der Waals surface area (Å²) in [6.07, 6.45) is -0.0694. The highest BCUT2D eigenvalue weighted by molar-refractivity contribution is 7.91. The van der Waals surface area contributed by atoms with Crippen molar-refractivity contribution >= 4 is 15.7 Å². The van der Waals surface area contributed by atoms with Crippen molar-refractivity contribution in [3.63, 3.8) is 0 Å². The van der Waals surface area contributed by atoms with Gasteiger partial charge < -0.3 is 14.4 Å². The molecule has 0 fully saturated rings. The van der Waals surface area contributed by atoms with Crippen LogP contribution in [0.5, 0.6) is 11.5 Å². The Hall–Kier alpha value is -2.54.